The second-order valence-electron chi connectivity index (χ2n) is 8.34. The lowest BCUT2D eigenvalue weighted by atomic mass is 9.62. The van der Waals surface area contributed by atoms with Gasteiger partial charge in [-0.25, -0.2) is 8.78 Å². The van der Waals surface area contributed by atoms with Crippen molar-refractivity contribution >= 4 is 23.2 Å². The van der Waals surface area contributed by atoms with E-state index in [2.05, 4.69) is 5.32 Å². The second-order valence-corrected chi connectivity index (χ2v) is 8.34. The molecule has 164 valence electrons. The average molecular weight is 438 g/mol. The van der Waals surface area contributed by atoms with Gasteiger partial charge >= 0.3 is 12.1 Å². The van der Waals surface area contributed by atoms with Gasteiger partial charge in [-0.15, -0.1) is 0 Å². The van der Waals surface area contributed by atoms with Crippen molar-refractivity contribution in [3.05, 3.63) is 58.1 Å². The number of hydrogen-bond acceptors (Lipinski definition) is 2. The van der Waals surface area contributed by atoms with Crippen LogP contribution in [0.5, 0.6) is 0 Å². The Labute approximate surface area is 174 Å². The number of nitrogens with one attached hydrogen (secondary N) is 2. The largest absolute Gasteiger partial charge is 0.471 e. The van der Waals surface area contributed by atoms with Crippen LogP contribution in [0.3, 0.4) is 0 Å². The van der Waals surface area contributed by atoms with E-state index in [9.17, 15) is 31.5 Å². The quantitative estimate of drug-likeness (QED) is 0.662. The highest BCUT2D eigenvalue weighted by Gasteiger charge is 2.64. The summed E-state index contributed by atoms with van der Waals surface area (Å²) in [6.07, 6.45) is -5.62. The smallest absolute Gasteiger partial charge is 0.325 e. The zero-order valence-corrected chi connectivity index (χ0v) is 16.7. The zero-order chi connectivity index (χ0) is 22.8. The lowest BCUT2D eigenvalue weighted by Gasteiger charge is -2.43. The van der Waals surface area contributed by atoms with Crippen molar-refractivity contribution in [3.63, 3.8) is 0 Å². The van der Waals surface area contributed by atoms with E-state index in [1.165, 1.54) is 12.1 Å². The van der Waals surface area contributed by atoms with Gasteiger partial charge in [-0.1, -0.05) is 12.1 Å². The number of fused-ring (bicyclic) bond motifs is 2. The van der Waals surface area contributed by atoms with Crippen LogP contribution in [0, 0.1) is 13.8 Å². The van der Waals surface area contributed by atoms with Gasteiger partial charge in [-0.2, -0.15) is 13.2 Å². The number of amides is 2. The molecule has 0 aromatic heterocycles. The maximum Gasteiger partial charge on any atom is 0.471 e. The Hall–Kier alpha value is -2.97. The normalized spacial score (nSPS) is 18.4. The molecule has 2 aliphatic rings. The Kier molecular flexibility index (Phi) is 4.64. The minimum atomic E-state index is -4.98. The summed E-state index contributed by atoms with van der Waals surface area (Å²) < 4.78 is 64.6. The molecule has 2 amide bonds. The molecule has 31 heavy (non-hydrogen) atoms. The van der Waals surface area contributed by atoms with Crippen molar-refractivity contribution in [1.82, 2.24) is 0 Å². The van der Waals surface area contributed by atoms with Crippen molar-refractivity contribution in [2.75, 3.05) is 10.6 Å². The minimum Gasteiger partial charge on any atom is -0.325 e. The molecule has 0 saturated heterocycles. The molecule has 2 aromatic rings. The van der Waals surface area contributed by atoms with E-state index < -0.39 is 42.2 Å². The van der Waals surface area contributed by atoms with Crippen LogP contribution in [0.15, 0.2) is 30.3 Å². The zero-order valence-electron chi connectivity index (χ0n) is 16.7. The van der Waals surface area contributed by atoms with Crippen LogP contribution in [0.4, 0.5) is 33.3 Å². The van der Waals surface area contributed by atoms with Gasteiger partial charge in [0.05, 0.1) is 5.41 Å². The monoisotopic (exact) mass is 438 g/mol. The number of rotatable bonds is 3. The Morgan fingerprint density at radius 1 is 1.10 bits per heavy atom. The Morgan fingerprint density at radius 3 is 2.26 bits per heavy atom. The van der Waals surface area contributed by atoms with Crippen LogP contribution in [-0.2, 0) is 21.4 Å². The molecule has 0 atom stereocenters. The first kappa shape index (κ1) is 21.3. The van der Waals surface area contributed by atoms with Crippen molar-refractivity contribution in [2.24, 2.45) is 0 Å². The molecule has 1 aliphatic heterocycles. The molecule has 1 fully saturated rings. The fourth-order valence-corrected chi connectivity index (χ4v) is 4.50. The summed E-state index contributed by atoms with van der Waals surface area (Å²) in [4.78, 5) is 23.5. The highest BCUT2D eigenvalue weighted by atomic mass is 19.4. The number of benzene rings is 2. The molecule has 0 bridgehead atoms. The number of halogens is 5. The summed E-state index contributed by atoms with van der Waals surface area (Å²) in [5.41, 5.74) is 2.92. The molecule has 9 heteroatoms. The number of carbonyl (C=O) groups excluding carboxylic acids is 2. The van der Waals surface area contributed by atoms with Gasteiger partial charge in [0.2, 0.25) is 5.91 Å². The van der Waals surface area contributed by atoms with E-state index in [0.29, 0.717) is 28.8 Å². The van der Waals surface area contributed by atoms with E-state index in [1.807, 2.05) is 5.32 Å². The SMILES string of the molecule is Cc1cc(NC(=O)C(F)(F)F)cc(C)c1Cc1ccc2c(c1)C1(CC(F)(F)C1)C(=O)N2. The molecule has 1 saturated carbocycles. The molecule has 0 unspecified atom stereocenters. The van der Waals surface area contributed by atoms with Crippen molar-refractivity contribution in [2.45, 2.75) is 50.6 Å². The molecule has 4 rings (SSSR count). The third kappa shape index (κ3) is 3.66. The van der Waals surface area contributed by atoms with Crippen LogP contribution in [-0.4, -0.2) is 23.9 Å². The van der Waals surface area contributed by atoms with Crippen molar-refractivity contribution in [3.8, 4) is 0 Å². The minimum absolute atomic E-state index is 0.0421. The van der Waals surface area contributed by atoms with E-state index in [0.717, 1.165) is 11.1 Å². The van der Waals surface area contributed by atoms with Crippen LogP contribution >= 0.6 is 0 Å². The van der Waals surface area contributed by atoms with E-state index >= 15 is 0 Å². The first-order valence-electron chi connectivity index (χ1n) is 9.62. The summed E-state index contributed by atoms with van der Waals surface area (Å²) in [5, 5.41) is 4.52. The average Bonchev–Trinajstić information content (AvgIpc) is 2.88. The van der Waals surface area contributed by atoms with Gasteiger partial charge in [-0.05, 0) is 66.3 Å². The summed E-state index contributed by atoms with van der Waals surface area (Å²) >= 11 is 0. The number of alkyl halides is 5. The Morgan fingerprint density at radius 2 is 1.71 bits per heavy atom. The number of carbonyl (C=O) groups is 2. The molecule has 1 spiro atoms. The van der Waals surface area contributed by atoms with Crippen LogP contribution < -0.4 is 10.6 Å². The van der Waals surface area contributed by atoms with Gasteiger partial charge in [-0.3, -0.25) is 9.59 Å². The van der Waals surface area contributed by atoms with Crippen LogP contribution in [0.25, 0.3) is 0 Å². The molecule has 1 aliphatic carbocycles. The van der Waals surface area contributed by atoms with E-state index in [4.69, 9.17) is 0 Å². The third-order valence-electron chi connectivity index (χ3n) is 6.00. The van der Waals surface area contributed by atoms with Crippen molar-refractivity contribution < 1.29 is 31.5 Å². The topological polar surface area (TPSA) is 58.2 Å². The first-order chi connectivity index (χ1) is 14.3. The van der Waals surface area contributed by atoms with Gasteiger partial charge < -0.3 is 10.6 Å². The van der Waals surface area contributed by atoms with Gasteiger partial charge in [0.25, 0.3) is 5.92 Å². The third-order valence-corrected chi connectivity index (χ3v) is 6.00. The van der Waals surface area contributed by atoms with E-state index in [1.54, 1.807) is 32.0 Å². The maximum absolute atomic E-state index is 13.6. The standard InChI is InChI=1S/C22H19F5N2O2/c1-11-5-14(28-19(31)22(25,26)27)6-12(2)15(11)7-13-3-4-17-16(8-13)20(18(30)29-17)9-21(23,24)10-20/h3-6,8H,7,9-10H2,1-2H3,(H,28,31)(H,29,30). The summed E-state index contributed by atoms with van der Waals surface area (Å²) in [5.74, 6) is -5.32. The predicted molar refractivity (Wildman–Crippen MR) is 104 cm³/mol. The lowest BCUT2D eigenvalue weighted by Crippen LogP contribution is -2.53. The van der Waals surface area contributed by atoms with E-state index in [-0.39, 0.29) is 5.69 Å². The molecule has 0 radical (unpaired) electrons. The maximum atomic E-state index is 13.6. The number of aryl methyl sites for hydroxylation is 2. The Bertz CT molecular complexity index is 1080. The molecule has 2 N–H and O–H groups in total. The highest BCUT2D eigenvalue weighted by molar-refractivity contribution is 6.07. The highest BCUT2D eigenvalue weighted by Crippen LogP contribution is 2.58. The molecule has 1 heterocycles. The molecule has 4 nitrogen and oxygen atoms in total. The van der Waals surface area contributed by atoms with Gasteiger partial charge in [0, 0.05) is 24.2 Å². The van der Waals surface area contributed by atoms with Crippen LogP contribution in [0.2, 0.25) is 0 Å². The molecular formula is C22H19F5N2O2. The summed E-state index contributed by atoms with van der Waals surface area (Å²) in [7, 11) is 0. The van der Waals surface area contributed by atoms with Gasteiger partial charge in [0.1, 0.15) is 0 Å². The summed E-state index contributed by atoms with van der Waals surface area (Å²) in [6.45, 7) is 3.44. The molecule has 2 aromatic carbocycles. The number of anilines is 2. The van der Waals surface area contributed by atoms with Crippen molar-refractivity contribution in [1.29, 1.82) is 0 Å². The predicted octanol–water partition coefficient (Wildman–Crippen LogP) is 5.01. The lowest BCUT2D eigenvalue weighted by molar-refractivity contribution is -0.167. The number of hydrogen-bond donors (Lipinski definition) is 2. The summed E-state index contributed by atoms with van der Waals surface area (Å²) in [6, 6.07) is 8.14. The first-order valence-corrected chi connectivity index (χ1v) is 9.62. The Balaban J connectivity index is 1.60. The fraction of sp³-hybridized carbons (Fsp3) is 0.364. The fourth-order valence-electron chi connectivity index (χ4n) is 4.50. The van der Waals surface area contributed by atoms with Crippen LogP contribution in [0.1, 0.15) is 40.7 Å². The molecular weight excluding hydrogens is 419 g/mol. The van der Waals surface area contributed by atoms with Gasteiger partial charge in [0.15, 0.2) is 0 Å². The second kappa shape index (κ2) is 6.77.